The quantitative estimate of drug-likeness (QED) is 0.891. The average molecular weight is 293 g/mol. The summed E-state index contributed by atoms with van der Waals surface area (Å²) in [5, 5.41) is 12.1. The second-order valence-corrected chi connectivity index (χ2v) is 6.36. The minimum Gasteiger partial charge on any atom is -0.444 e. The van der Waals surface area contributed by atoms with Crippen molar-refractivity contribution in [3.05, 3.63) is 23.9 Å². The molecular formula is C15H23N3O3. The third-order valence-corrected chi connectivity index (χ3v) is 3.11. The maximum Gasteiger partial charge on any atom is 0.413 e. The Labute approximate surface area is 125 Å². The highest BCUT2D eigenvalue weighted by Crippen LogP contribution is 2.14. The molecule has 116 valence electrons. The molecule has 1 fully saturated rings. The zero-order valence-corrected chi connectivity index (χ0v) is 12.8. The van der Waals surface area contributed by atoms with Gasteiger partial charge in [0.15, 0.2) is 0 Å². The average Bonchev–Trinajstić information content (AvgIpc) is 2.75. The third kappa shape index (κ3) is 5.32. The van der Waals surface area contributed by atoms with Gasteiger partial charge in [0.1, 0.15) is 11.4 Å². The number of rotatable bonds is 3. The highest BCUT2D eigenvalue weighted by molar-refractivity contribution is 5.83. The zero-order valence-electron chi connectivity index (χ0n) is 12.8. The van der Waals surface area contributed by atoms with Crippen molar-refractivity contribution in [3.63, 3.8) is 0 Å². The molecule has 1 amide bonds. The van der Waals surface area contributed by atoms with Gasteiger partial charge in [-0.05, 0) is 38.8 Å². The maximum atomic E-state index is 11.6. The molecule has 6 nitrogen and oxygen atoms in total. The molecule has 2 rings (SSSR count). The number of aliphatic hydroxyl groups excluding tert-OH is 1. The molecule has 1 aromatic heterocycles. The Morgan fingerprint density at radius 2 is 2.29 bits per heavy atom. The second-order valence-electron chi connectivity index (χ2n) is 6.36. The van der Waals surface area contributed by atoms with Gasteiger partial charge in [-0.15, -0.1) is 0 Å². The molecule has 0 bridgehead atoms. The van der Waals surface area contributed by atoms with Gasteiger partial charge in [0.2, 0.25) is 0 Å². The number of hydrogen-bond donors (Lipinski definition) is 2. The van der Waals surface area contributed by atoms with Crippen molar-refractivity contribution >= 4 is 11.9 Å². The highest BCUT2D eigenvalue weighted by Gasteiger charge is 2.20. The standard InChI is InChI=1S/C15H23N3O3/c1-15(2,3)21-14(20)17-13-5-4-11(8-16-13)9-18-7-6-12(19)10-18/h4-5,8,12,19H,6-7,9-10H2,1-3H3,(H,16,17,20)/t12-/m1/s1. The summed E-state index contributed by atoms with van der Waals surface area (Å²) in [5.74, 6) is 0.467. The van der Waals surface area contributed by atoms with Crippen LogP contribution in [0.5, 0.6) is 0 Å². The molecule has 0 aliphatic carbocycles. The molecular weight excluding hydrogens is 270 g/mol. The minimum absolute atomic E-state index is 0.217. The van der Waals surface area contributed by atoms with Crippen molar-refractivity contribution in [1.29, 1.82) is 0 Å². The van der Waals surface area contributed by atoms with Gasteiger partial charge in [-0.2, -0.15) is 0 Å². The van der Waals surface area contributed by atoms with E-state index in [1.54, 1.807) is 12.3 Å². The Morgan fingerprint density at radius 1 is 1.52 bits per heavy atom. The van der Waals surface area contributed by atoms with Crippen LogP contribution in [0, 0.1) is 0 Å². The molecule has 2 heterocycles. The summed E-state index contributed by atoms with van der Waals surface area (Å²) >= 11 is 0. The molecule has 21 heavy (non-hydrogen) atoms. The summed E-state index contributed by atoms with van der Waals surface area (Å²) in [7, 11) is 0. The molecule has 1 aromatic rings. The van der Waals surface area contributed by atoms with E-state index in [4.69, 9.17) is 4.74 Å². The number of hydrogen-bond acceptors (Lipinski definition) is 5. The van der Waals surface area contributed by atoms with Crippen molar-refractivity contribution in [2.24, 2.45) is 0 Å². The van der Waals surface area contributed by atoms with Gasteiger partial charge in [0.05, 0.1) is 6.10 Å². The largest absolute Gasteiger partial charge is 0.444 e. The minimum atomic E-state index is -0.527. The van der Waals surface area contributed by atoms with E-state index < -0.39 is 11.7 Å². The fraction of sp³-hybridized carbons (Fsp3) is 0.600. The van der Waals surface area contributed by atoms with E-state index in [9.17, 15) is 9.90 Å². The van der Waals surface area contributed by atoms with Crippen LogP contribution in [-0.2, 0) is 11.3 Å². The van der Waals surface area contributed by atoms with E-state index >= 15 is 0 Å². The summed E-state index contributed by atoms with van der Waals surface area (Å²) in [6.07, 6.45) is 1.83. The Hall–Kier alpha value is -1.66. The predicted molar refractivity (Wildman–Crippen MR) is 80.0 cm³/mol. The lowest BCUT2D eigenvalue weighted by Gasteiger charge is -2.19. The van der Waals surface area contributed by atoms with E-state index in [1.807, 2.05) is 26.8 Å². The maximum absolute atomic E-state index is 11.6. The fourth-order valence-electron chi connectivity index (χ4n) is 2.21. The second kappa shape index (κ2) is 6.41. The lowest BCUT2D eigenvalue weighted by molar-refractivity contribution is 0.0635. The lowest BCUT2D eigenvalue weighted by Crippen LogP contribution is -2.27. The van der Waals surface area contributed by atoms with Crippen LogP contribution in [0.3, 0.4) is 0 Å². The molecule has 0 saturated carbocycles. The summed E-state index contributed by atoms with van der Waals surface area (Å²) < 4.78 is 5.17. The van der Waals surface area contributed by atoms with Crippen molar-refractivity contribution in [3.8, 4) is 0 Å². The third-order valence-electron chi connectivity index (χ3n) is 3.11. The molecule has 0 spiro atoms. The SMILES string of the molecule is CC(C)(C)OC(=O)Nc1ccc(CN2CC[C@@H](O)C2)cn1. The molecule has 1 aliphatic heterocycles. The molecule has 1 atom stereocenters. The first-order valence-corrected chi connectivity index (χ1v) is 7.17. The Kier molecular flexibility index (Phi) is 4.80. The monoisotopic (exact) mass is 293 g/mol. The molecule has 1 saturated heterocycles. The van der Waals surface area contributed by atoms with Gasteiger partial charge < -0.3 is 9.84 Å². The van der Waals surface area contributed by atoms with Gasteiger partial charge in [0, 0.05) is 25.8 Å². The van der Waals surface area contributed by atoms with Crippen LogP contribution in [0.4, 0.5) is 10.6 Å². The van der Waals surface area contributed by atoms with E-state index in [2.05, 4.69) is 15.2 Å². The van der Waals surface area contributed by atoms with E-state index in [1.165, 1.54) is 0 Å². The van der Waals surface area contributed by atoms with E-state index in [0.29, 0.717) is 12.4 Å². The van der Waals surface area contributed by atoms with Crippen LogP contribution in [0.2, 0.25) is 0 Å². The van der Waals surface area contributed by atoms with Gasteiger partial charge in [-0.3, -0.25) is 10.2 Å². The van der Waals surface area contributed by atoms with E-state index in [0.717, 1.165) is 25.1 Å². The number of ether oxygens (including phenoxy) is 1. The number of nitrogens with zero attached hydrogens (tertiary/aromatic N) is 2. The predicted octanol–water partition coefficient (Wildman–Crippen LogP) is 2.00. The molecule has 2 N–H and O–H groups in total. The van der Waals surface area contributed by atoms with Crippen LogP contribution in [-0.4, -0.2) is 45.9 Å². The molecule has 6 heteroatoms. The van der Waals surface area contributed by atoms with Crippen molar-refractivity contribution < 1.29 is 14.6 Å². The fourth-order valence-corrected chi connectivity index (χ4v) is 2.21. The molecule has 0 radical (unpaired) electrons. The Balaban J connectivity index is 1.85. The summed E-state index contributed by atoms with van der Waals surface area (Å²) in [4.78, 5) is 18.0. The molecule has 0 unspecified atom stereocenters. The topological polar surface area (TPSA) is 74.7 Å². The van der Waals surface area contributed by atoms with Gasteiger partial charge >= 0.3 is 6.09 Å². The van der Waals surface area contributed by atoms with Crippen LogP contribution < -0.4 is 5.32 Å². The van der Waals surface area contributed by atoms with Gasteiger partial charge in [-0.1, -0.05) is 6.07 Å². The van der Waals surface area contributed by atoms with Gasteiger partial charge in [-0.25, -0.2) is 9.78 Å². The first-order valence-electron chi connectivity index (χ1n) is 7.17. The van der Waals surface area contributed by atoms with Crippen LogP contribution in [0.25, 0.3) is 0 Å². The summed E-state index contributed by atoms with van der Waals surface area (Å²) in [5.41, 5.74) is 0.527. The van der Waals surface area contributed by atoms with Crippen molar-refractivity contribution in [2.75, 3.05) is 18.4 Å². The number of nitrogens with one attached hydrogen (secondary N) is 1. The van der Waals surface area contributed by atoms with Crippen LogP contribution in [0.15, 0.2) is 18.3 Å². The highest BCUT2D eigenvalue weighted by atomic mass is 16.6. The van der Waals surface area contributed by atoms with Crippen molar-refractivity contribution in [1.82, 2.24) is 9.88 Å². The molecule has 1 aliphatic rings. The first kappa shape index (κ1) is 15.7. The molecule has 0 aromatic carbocycles. The number of amides is 1. The number of β-amino-alcohol motifs (C(OH)–C–C–N with tert-alkyl or cyclic N) is 1. The Bertz CT molecular complexity index is 482. The number of aromatic nitrogens is 1. The number of aliphatic hydroxyl groups is 1. The number of carbonyl (C=O) groups excluding carboxylic acids is 1. The number of anilines is 1. The van der Waals surface area contributed by atoms with E-state index in [-0.39, 0.29) is 6.10 Å². The summed E-state index contributed by atoms with van der Waals surface area (Å²) in [6.45, 7) is 7.81. The lowest BCUT2D eigenvalue weighted by atomic mass is 10.2. The number of pyridine rings is 1. The van der Waals surface area contributed by atoms with Crippen LogP contribution in [0.1, 0.15) is 32.8 Å². The van der Waals surface area contributed by atoms with Gasteiger partial charge in [0.25, 0.3) is 0 Å². The summed E-state index contributed by atoms with van der Waals surface area (Å²) in [6, 6.07) is 3.68. The smallest absolute Gasteiger partial charge is 0.413 e. The Morgan fingerprint density at radius 3 is 2.81 bits per heavy atom. The number of likely N-dealkylation sites (tertiary alicyclic amines) is 1. The normalized spacial score (nSPS) is 19.5. The first-order chi connectivity index (χ1) is 9.82. The van der Waals surface area contributed by atoms with Crippen LogP contribution >= 0.6 is 0 Å². The zero-order chi connectivity index (χ0) is 15.5. The number of carbonyl (C=O) groups is 1. The van der Waals surface area contributed by atoms with Crippen molar-refractivity contribution in [2.45, 2.75) is 45.4 Å².